The van der Waals surface area contributed by atoms with Crippen molar-refractivity contribution in [3.05, 3.63) is 285 Å². The molecule has 0 radical (unpaired) electrons. The highest BCUT2D eigenvalue weighted by Crippen LogP contribution is 2.43. The number of fused-ring (bicyclic) bond motifs is 2. The first kappa shape index (κ1) is 41.4. The monoisotopic (exact) mass is 877 g/mol. The lowest BCUT2D eigenvalue weighted by atomic mass is 9.89. The van der Waals surface area contributed by atoms with E-state index in [0.717, 1.165) is 22.6 Å². The third-order valence-corrected chi connectivity index (χ3v) is 13.5. The third kappa shape index (κ3) is 8.28. The smallest absolute Gasteiger partial charge is 0.0462 e. The second-order valence-corrected chi connectivity index (χ2v) is 17.7. The minimum Gasteiger partial charge on any atom is -0.311 e. The summed E-state index contributed by atoms with van der Waals surface area (Å²) < 4.78 is 0. The van der Waals surface area contributed by atoms with Crippen molar-refractivity contribution >= 4 is 38.6 Å². The van der Waals surface area contributed by atoms with Crippen molar-refractivity contribution in [1.29, 1.82) is 0 Å². The number of rotatable bonds is 10. The molecule has 324 valence electrons. The molecule has 0 spiro atoms. The molecule has 12 aromatic rings. The fourth-order valence-corrected chi connectivity index (χ4v) is 9.97. The Morgan fingerprint density at radius 2 is 0.580 bits per heavy atom. The average molecular weight is 878 g/mol. The van der Waals surface area contributed by atoms with Crippen LogP contribution in [0.3, 0.4) is 0 Å². The van der Waals surface area contributed by atoms with Gasteiger partial charge in [0.25, 0.3) is 0 Å². The average Bonchev–Trinajstić information content (AvgIpc) is 3.44. The van der Waals surface area contributed by atoms with Crippen LogP contribution in [0, 0.1) is 0 Å². The topological polar surface area (TPSA) is 3.24 Å². The number of anilines is 3. The lowest BCUT2D eigenvalue weighted by molar-refractivity contribution is 1.28. The van der Waals surface area contributed by atoms with Crippen LogP contribution in [0.2, 0.25) is 0 Å². The highest BCUT2D eigenvalue weighted by atomic mass is 15.1. The molecule has 0 aliphatic carbocycles. The van der Waals surface area contributed by atoms with Crippen molar-refractivity contribution in [2.75, 3.05) is 4.90 Å². The fourth-order valence-electron chi connectivity index (χ4n) is 9.97. The van der Waals surface area contributed by atoms with E-state index in [-0.39, 0.29) is 0 Å². The Balaban J connectivity index is 0.932. The number of nitrogens with zero attached hydrogens (tertiary/aromatic N) is 1. The Labute approximate surface area is 404 Å². The van der Waals surface area contributed by atoms with E-state index >= 15 is 0 Å². The third-order valence-electron chi connectivity index (χ3n) is 13.5. The summed E-state index contributed by atoms with van der Waals surface area (Å²) in [5.41, 5.74) is 20.1. The molecule has 0 aliphatic heterocycles. The maximum absolute atomic E-state index is 2.37. The fraction of sp³-hybridized carbons (Fsp3) is 0. The Kier molecular flexibility index (Phi) is 11.0. The molecule has 0 atom stereocenters. The summed E-state index contributed by atoms with van der Waals surface area (Å²) in [5, 5.41) is 4.97. The predicted octanol–water partition coefficient (Wildman–Crippen LogP) is 19.1. The Hall–Kier alpha value is -9.04. The van der Waals surface area contributed by atoms with Gasteiger partial charge >= 0.3 is 0 Å². The van der Waals surface area contributed by atoms with Crippen LogP contribution in [0.15, 0.2) is 285 Å². The first-order chi connectivity index (χ1) is 34.2. The maximum atomic E-state index is 2.37. The summed E-state index contributed by atoms with van der Waals surface area (Å²) in [4.78, 5) is 2.37. The zero-order valence-electron chi connectivity index (χ0n) is 38.1. The van der Waals surface area contributed by atoms with E-state index in [4.69, 9.17) is 0 Å². The largest absolute Gasteiger partial charge is 0.311 e. The zero-order valence-corrected chi connectivity index (χ0v) is 38.1. The van der Waals surface area contributed by atoms with Gasteiger partial charge in [0.1, 0.15) is 0 Å². The van der Waals surface area contributed by atoms with Crippen LogP contribution in [-0.4, -0.2) is 0 Å². The summed E-state index contributed by atoms with van der Waals surface area (Å²) in [6.45, 7) is 0. The predicted molar refractivity (Wildman–Crippen MR) is 294 cm³/mol. The van der Waals surface area contributed by atoms with Gasteiger partial charge in [0, 0.05) is 17.1 Å². The van der Waals surface area contributed by atoms with E-state index in [1.54, 1.807) is 0 Å². The van der Waals surface area contributed by atoms with Gasteiger partial charge in [-0.15, -0.1) is 0 Å². The zero-order chi connectivity index (χ0) is 45.9. The summed E-state index contributed by atoms with van der Waals surface area (Å²) >= 11 is 0. The van der Waals surface area contributed by atoms with Crippen LogP contribution in [0.5, 0.6) is 0 Å². The van der Waals surface area contributed by atoms with Crippen LogP contribution in [0.4, 0.5) is 17.1 Å². The Morgan fingerprint density at radius 1 is 0.188 bits per heavy atom. The van der Waals surface area contributed by atoms with Crippen molar-refractivity contribution in [3.8, 4) is 77.9 Å². The lowest BCUT2D eigenvalue weighted by Crippen LogP contribution is -2.09. The number of hydrogen-bond acceptors (Lipinski definition) is 1. The van der Waals surface area contributed by atoms with Crippen LogP contribution < -0.4 is 4.90 Å². The van der Waals surface area contributed by atoms with Gasteiger partial charge in [-0.3, -0.25) is 0 Å². The normalized spacial score (nSPS) is 11.2. The molecule has 0 heterocycles. The molecule has 1 heteroatoms. The van der Waals surface area contributed by atoms with Crippen molar-refractivity contribution in [1.82, 2.24) is 0 Å². The highest BCUT2D eigenvalue weighted by molar-refractivity contribution is 6.04. The van der Waals surface area contributed by atoms with Gasteiger partial charge < -0.3 is 4.90 Å². The molecular formula is C68H47N. The summed E-state index contributed by atoms with van der Waals surface area (Å²) in [5.74, 6) is 0. The summed E-state index contributed by atoms with van der Waals surface area (Å²) in [6.07, 6.45) is 0. The minimum absolute atomic E-state index is 1.08. The molecule has 69 heavy (non-hydrogen) atoms. The van der Waals surface area contributed by atoms with Gasteiger partial charge in [-0.2, -0.15) is 0 Å². The second kappa shape index (κ2) is 18.3. The molecule has 0 bridgehead atoms. The molecule has 12 aromatic carbocycles. The Morgan fingerprint density at radius 3 is 1.19 bits per heavy atom. The SMILES string of the molecule is c1ccc(-c2ccc(-c3ccc(N(c4ccc(-c5cccc(-c6ccc7ccccc7c6)c5)cc4)c4ccc(-c5c(-c6ccccc6)ccc6ccccc56)cc4)cc3)cc2-c2ccccc2)cc1. The van der Waals surface area contributed by atoms with Gasteiger partial charge in [0.2, 0.25) is 0 Å². The van der Waals surface area contributed by atoms with Crippen LogP contribution in [0.25, 0.3) is 99.4 Å². The van der Waals surface area contributed by atoms with E-state index in [0.29, 0.717) is 0 Å². The molecule has 12 rings (SSSR count). The second-order valence-electron chi connectivity index (χ2n) is 17.7. The van der Waals surface area contributed by atoms with E-state index in [1.165, 1.54) is 93.9 Å². The molecule has 0 N–H and O–H groups in total. The number of benzene rings is 12. The first-order valence-electron chi connectivity index (χ1n) is 23.7. The van der Waals surface area contributed by atoms with Crippen LogP contribution >= 0.6 is 0 Å². The molecule has 0 saturated carbocycles. The van der Waals surface area contributed by atoms with Gasteiger partial charge in [-0.05, 0) is 154 Å². The van der Waals surface area contributed by atoms with Crippen molar-refractivity contribution in [2.24, 2.45) is 0 Å². The van der Waals surface area contributed by atoms with E-state index < -0.39 is 0 Å². The summed E-state index contributed by atoms with van der Waals surface area (Å²) in [7, 11) is 0. The molecule has 0 fully saturated rings. The standard InChI is InChI=1S/C68H47N/c1-4-16-51(17-5-1)64-43-36-60(47-67(64)53-20-8-3-9-21-53)50-31-39-62(40-32-50)69(61-37-29-49(30-38-61)57-24-14-25-58(45-57)59-28-27-48-15-10-11-23-56(48)46-59)63-41-33-55(34-42-63)68-65-26-13-12-22-54(65)35-44-66(68)52-18-6-2-7-19-52/h1-47H. The minimum atomic E-state index is 1.08. The molecule has 0 unspecified atom stereocenters. The van der Waals surface area contributed by atoms with Crippen molar-refractivity contribution < 1.29 is 0 Å². The van der Waals surface area contributed by atoms with Crippen molar-refractivity contribution in [3.63, 3.8) is 0 Å². The quantitative estimate of drug-likeness (QED) is 0.132. The molecule has 1 nitrogen and oxygen atoms in total. The highest BCUT2D eigenvalue weighted by Gasteiger charge is 2.17. The molecular weight excluding hydrogens is 831 g/mol. The van der Waals surface area contributed by atoms with E-state index in [1.807, 2.05) is 0 Å². The summed E-state index contributed by atoms with van der Waals surface area (Å²) in [6, 6.07) is 104. The van der Waals surface area contributed by atoms with Gasteiger partial charge in [0.15, 0.2) is 0 Å². The molecule has 0 aromatic heterocycles. The van der Waals surface area contributed by atoms with Gasteiger partial charge in [-0.1, -0.05) is 231 Å². The van der Waals surface area contributed by atoms with Gasteiger partial charge in [0.05, 0.1) is 0 Å². The van der Waals surface area contributed by atoms with Gasteiger partial charge in [-0.25, -0.2) is 0 Å². The molecule has 0 amide bonds. The lowest BCUT2D eigenvalue weighted by Gasteiger charge is -2.26. The van der Waals surface area contributed by atoms with Crippen LogP contribution in [0.1, 0.15) is 0 Å². The molecule has 0 aliphatic rings. The molecule has 0 saturated heterocycles. The van der Waals surface area contributed by atoms with E-state index in [9.17, 15) is 0 Å². The van der Waals surface area contributed by atoms with Crippen molar-refractivity contribution in [2.45, 2.75) is 0 Å². The first-order valence-corrected chi connectivity index (χ1v) is 23.7. The van der Waals surface area contributed by atoms with E-state index in [2.05, 4.69) is 290 Å². The van der Waals surface area contributed by atoms with Crippen LogP contribution in [-0.2, 0) is 0 Å². The maximum Gasteiger partial charge on any atom is 0.0462 e. The number of hydrogen-bond donors (Lipinski definition) is 0. The Bertz CT molecular complexity index is 3730.